The third kappa shape index (κ3) is 1.66. The summed E-state index contributed by atoms with van der Waals surface area (Å²) in [5.41, 5.74) is 6.27. The van der Waals surface area contributed by atoms with Gasteiger partial charge < -0.3 is 5.73 Å². The van der Waals surface area contributed by atoms with Crippen molar-refractivity contribution in [3.05, 3.63) is 30.6 Å². The van der Waals surface area contributed by atoms with Crippen LogP contribution in [0, 0.1) is 0 Å². The number of sulfone groups is 1. The Hall–Kier alpha value is -1.62. The minimum atomic E-state index is -3.23. The highest BCUT2D eigenvalue weighted by Gasteiger charge is 2.12. The molecule has 2 aromatic rings. The third-order valence-electron chi connectivity index (χ3n) is 2.21. The lowest BCUT2D eigenvalue weighted by molar-refractivity contribution is 0.602. The molecule has 4 nitrogen and oxygen atoms in total. The largest absolute Gasteiger partial charge is 0.398 e. The Balaban J connectivity index is 2.96. The highest BCUT2D eigenvalue weighted by atomic mass is 32.2. The zero-order valence-corrected chi connectivity index (χ0v) is 8.95. The van der Waals surface area contributed by atoms with Crippen LogP contribution in [0.3, 0.4) is 0 Å². The number of nitrogens with two attached hydrogens (primary N) is 1. The predicted molar refractivity (Wildman–Crippen MR) is 59.3 cm³/mol. The Kier molecular flexibility index (Phi) is 2.12. The number of pyridine rings is 1. The van der Waals surface area contributed by atoms with Crippen LogP contribution in [0.1, 0.15) is 0 Å². The monoisotopic (exact) mass is 222 g/mol. The summed E-state index contributed by atoms with van der Waals surface area (Å²) in [4.78, 5) is 4.21. The van der Waals surface area contributed by atoms with Gasteiger partial charge in [0.2, 0.25) is 0 Å². The lowest BCUT2D eigenvalue weighted by atomic mass is 10.1. The smallest absolute Gasteiger partial charge is 0.176 e. The van der Waals surface area contributed by atoms with Crippen molar-refractivity contribution < 1.29 is 8.42 Å². The van der Waals surface area contributed by atoms with E-state index in [0.717, 1.165) is 0 Å². The van der Waals surface area contributed by atoms with Crippen LogP contribution in [0.4, 0.5) is 5.69 Å². The average Bonchev–Trinajstić information content (AvgIpc) is 2.17. The molecule has 0 saturated carbocycles. The van der Waals surface area contributed by atoms with E-state index in [2.05, 4.69) is 4.98 Å². The Morgan fingerprint density at radius 1 is 1.20 bits per heavy atom. The molecule has 0 amide bonds. The lowest BCUT2D eigenvalue weighted by Crippen LogP contribution is -1.99. The van der Waals surface area contributed by atoms with Gasteiger partial charge >= 0.3 is 0 Å². The summed E-state index contributed by atoms with van der Waals surface area (Å²) in [7, 11) is -3.23. The minimum Gasteiger partial charge on any atom is -0.398 e. The quantitative estimate of drug-likeness (QED) is 0.736. The van der Waals surface area contributed by atoms with Crippen LogP contribution in [0.2, 0.25) is 0 Å². The van der Waals surface area contributed by atoms with Crippen molar-refractivity contribution in [3.63, 3.8) is 0 Å². The standard InChI is InChI=1S/C10H10N2O2S/c1-15(13,14)10-3-2-9(11)8-6-12-5-4-7(8)10/h2-6H,11H2,1H3. The molecule has 0 aliphatic rings. The summed E-state index contributed by atoms with van der Waals surface area (Å²) in [6.45, 7) is 0. The second-order valence-electron chi connectivity index (χ2n) is 3.35. The Bertz CT molecular complexity index is 620. The van der Waals surface area contributed by atoms with Crippen molar-refractivity contribution in [3.8, 4) is 0 Å². The van der Waals surface area contributed by atoms with E-state index in [1.165, 1.54) is 12.3 Å². The van der Waals surface area contributed by atoms with Crippen LogP contribution in [0.25, 0.3) is 10.8 Å². The van der Waals surface area contributed by atoms with Crippen LogP contribution < -0.4 is 5.73 Å². The van der Waals surface area contributed by atoms with Gasteiger partial charge in [0.1, 0.15) is 0 Å². The van der Waals surface area contributed by atoms with Crippen LogP contribution in [-0.4, -0.2) is 19.7 Å². The van der Waals surface area contributed by atoms with Gasteiger partial charge in [0, 0.05) is 35.1 Å². The van der Waals surface area contributed by atoms with E-state index >= 15 is 0 Å². The van der Waals surface area contributed by atoms with Gasteiger partial charge in [-0.15, -0.1) is 0 Å². The van der Waals surface area contributed by atoms with E-state index in [9.17, 15) is 8.42 Å². The molecule has 0 aliphatic heterocycles. The topological polar surface area (TPSA) is 73.0 Å². The maximum atomic E-state index is 11.5. The molecular formula is C10H10N2O2S. The Morgan fingerprint density at radius 3 is 2.60 bits per heavy atom. The molecule has 2 rings (SSSR count). The fourth-order valence-corrected chi connectivity index (χ4v) is 2.40. The zero-order chi connectivity index (χ0) is 11.1. The number of nitrogen functional groups attached to an aromatic ring is 1. The van der Waals surface area contributed by atoms with Crippen molar-refractivity contribution in [2.45, 2.75) is 4.90 Å². The number of anilines is 1. The molecule has 0 radical (unpaired) electrons. The van der Waals surface area contributed by atoms with Crippen LogP contribution in [-0.2, 0) is 9.84 Å². The molecule has 1 aromatic heterocycles. The third-order valence-corrected chi connectivity index (χ3v) is 3.37. The maximum absolute atomic E-state index is 11.5. The Labute approximate surface area is 87.7 Å². The molecule has 0 saturated heterocycles. The van der Waals surface area contributed by atoms with Gasteiger partial charge in [-0.1, -0.05) is 0 Å². The highest BCUT2D eigenvalue weighted by molar-refractivity contribution is 7.91. The number of rotatable bonds is 1. The van der Waals surface area contributed by atoms with E-state index in [0.29, 0.717) is 16.5 Å². The number of benzene rings is 1. The summed E-state index contributed by atoms with van der Waals surface area (Å²) < 4.78 is 23.0. The predicted octanol–water partition coefficient (Wildman–Crippen LogP) is 1.22. The van der Waals surface area contributed by atoms with Gasteiger partial charge in [0.05, 0.1) is 4.90 Å². The van der Waals surface area contributed by atoms with Crippen molar-refractivity contribution in [2.24, 2.45) is 0 Å². The molecule has 78 valence electrons. The molecule has 0 atom stereocenters. The SMILES string of the molecule is CS(=O)(=O)c1ccc(N)c2cnccc12. The number of nitrogens with zero attached hydrogens (tertiary/aromatic N) is 1. The molecule has 1 heterocycles. The lowest BCUT2D eigenvalue weighted by Gasteiger charge is -2.06. The van der Waals surface area contributed by atoms with Gasteiger partial charge in [-0.3, -0.25) is 4.98 Å². The molecule has 5 heteroatoms. The molecule has 0 fully saturated rings. The first-order valence-electron chi connectivity index (χ1n) is 4.32. The van der Waals surface area contributed by atoms with Gasteiger partial charge in [0.15, 0.2) is 9.84 Å². The molecule has 0 aliphatic carbocycles. The summed E-state index contributed by atoms with van der Waals surface area (Å²) in [5, 5.41) is 1.29. The maximum Gasteiger partial charge on any atom is 0.176 e. The summed E-state index contributed by atoms with van der Waals surface area (Å²) >= 11 is 0. The van der Waals surface area contributed by atoms with Crippen molar-refractivity contribution in [2.75, 3.05) is 12.0 Å². The number of hydrogen-bond acceptors (Lipinski definition) is 4. The van der Waals surface area contributed by atoms with Crippen molar-refractivity contribution in [1.82, 2.24) is 4.98 Å². The van der Waals surface area contributed by atoms with Gasteiger partial charge in [-0.25, -0.2) is 8.42 Å². The average molecular weight is 222 g/mol. The van der Waals surface area contributed by atoms with Crippen LogP contribution in [0.5, 0.6) is 0 Å². The van der Waals surface area contributed by atoms with E-state index < -0.39 is 9.84 Å². The summed E-state index contributed by atoms with van der Waals surface area (Å²) in [6.07, 6.45) is 4.30. The first-order valence-corrected chi connectivity index (χ1v) is 6.21. The number of hydrogen-bond donors (Lipinski definition) is 1. The highest BCUT2D eigenvalue weighted by Crippen LogP contribution is 2.26. The molecule has 0 bridgehead atoms. The molecule has 2 N–H and O–H groups in total. The Morgan fingerprint density at radius 2 is 1.93 bits per heavy atom. The van der Waals surface area contributed by atoms with Gasteiger partial charge in [0.25, 0.3) is 0 Å². The van der Waals surface area contributed by atoms with E-state index in [1.807, 2.05) is 0 Å². The van der Waals surface area contributed by atoms with E-state index in [-0.39, 0.29) is 4.90 Å². The van der Waals surface area contributed by atoms with E-state index in [4.69, 9.17) is 5.73 Å². The first-order chi connectivity index (χ1) is 7.00. The fourth-order valence-electron chi connectivity index (χ4n) is 1.51. The van der Waals surface area contributed by atoms with Crippen LogP contribution in [0.15, 0.2) is 35.5 Å². The second-order valence-corrected chi connectivity index (χ2v) is 5.33. The summed E-state index contributed by atoms with van der Waals surface area (Å²) in [5.74, 6) is 0. The fraction of sp³-hybridized carbons (Fsp3) is 0.100. The summed E-state index contributed by atoms with van der Waals surface area (Å²) in [6, 6.07) is 4.76. The van der Waals surface area contributed by atoms with E-state index in [1.54, 1.807) is 24.5 Å². The van der Waals surface area contributed by atoms with Crippen molar-refractivity contribution in [1.29, 1.82) is 0 Å². The van der Waals surface area contributed by atoms with Crippen LogP contribution >= 0.6 is 0 Å². The van der Waals surface area contributed by atoms with Gasteiger partial charge in [-0.05, 0) is 18.2 Å². The normalized spacial score (nSPS) is 11.8. The molecule has 1 aromatic carbocycles. The van der Waals surface area contributed by atoms with Gasteiger partial charge in [-0.2, -0.15) is 0 Å². The zero-order valence-electron chi connectivity index (χ0n) is 8.14. The van der Waals surface area contributed by atoms with Crippen molar-refractivity contribution >= 4 is 26.3 Å². The number of fused-ring (bicyclic) bond motifs is 1. The number of aromatic nitrogens is 1. The second kappa shape index (κ2) is 3.20. The first kappa shape index (κ1) is 9.92. The molecular weight excluding hydrogens is 212 g/mol. The molecule has 15 heavy (non-hydrogen) atoms. The minimum absolute atomic E-state index is 0.286. The molecule has 0 unspecified atom stereocenters. The molecule has 0 spiro atoms.